The molecule has 0 saturated carbocycles. The molecule has 2 heterocycles. The Morgan fingerprint density at radius 2 is 1.70 bits per heavy atom. The largest absolute Gasteiger partial charge is 0.482 e. The number of carbonyl (C=O) groups is 4. The van der Waals surface area contributed by atoms with E-state index in [0.29, 0.717) is 43.2 Å². The van der Waals surface area contributed by atoms with Crippen molar-refractivity contribution in [2.24, 2.45) is 0 Å². The highest BCUT2D eigenvalue weighted by atomic mass is 16.5. The van der Waals surface area contributed by atoms with Crippen LogP contribution in [0.1, 0.15) is 30.1 Å². The van der Waals surface area contributed by atoms with Gasteiger partial charge in [-0.2, -0.15) is 0 Å². The third-order valence-corrected chi connectivity index (χ3v) is 5.01. The summed E-state index contributed by atoms with van der Waals surface area (Å²) in [4.78, 5) is 52.8. The molecule has 2 aliphatic heterocycles. The number of fused-ring (bicyclic) bond motifs is 1. The summed E-state index contributed by atoms with van der Waals surface area (Å²) in [5.41, 5.74) is 1.01. The van der Waals surface area contributed by atoms with Crippen molar-refractivity contribution in [3.05, 3.63) is 23.8 Å². The number of ether oxygens (including phenoxy) is 1. The van der Waals surface area contributed by atoms with Crippen LogP contribution in [0.25, 0.3) is 0 Å². The van der Waals surface area contributed by atoms with Crippen LogP contribution >= 0.6 is 0 Å². The Bertz CT molecular complexity index is 784. The van der Waals surface area contributed by atoms with Crippen LogP contribution in [0.2, 0.25) is 0 Å². The summed E-state index contributed by atoms with van der Waals surface area (Å²) >= 11 is 0. The van der Waals surface area contributed by atoms with E-state index in [0.717, 1.165) is 0 Å². The summed E-state index contributed by atoms with van der Waals surface area (Å²) in [5.74, 6) is 0.164. The lowest BCUT2D eigenvalue weighted by atomic mass is 10.0. The highest BCUT2D eigenvalue weighted by Gasteiger charge is 2.25. The van der Waals surface area contributed by atoms with Crippen LogP contribution in [0, 0.1) is 0 Å². The number of rotatable bonds is 4. The number of hydrogen-bond acceptors (Lipinski definition) is 5. The van der Waals surface area contributed by atoms with Crippen molar-refractivity contribution in [2.45, 2.75) is 19.8 Å². The molecular weight excluding hydrogens is 350 g/mol. The van der Waals surface area contributed by atoms with Gasteiger partial charge in [0.1, 0.15) is 5.75 Å². The van der Waals surface area contributed by atoms with Crippen LogP contribution in [0.15, 0.2) is 18.2 Å². The molecule has 0 spiro atoms. The maximum atomic E-state index is 12.5. The van der Waals surface area contributed by atoms with Gasteiger partial charge in [0, 0.05) is 58.6 Å². The molecule has 1 aromatic rings. The van der Waals surface area contributed by atoms with Crippen molar-refractivity contribution in [3.8, 4) is 5.75 Å². The molecule has 1 fully saturated rings. The molecule has 0 aromatic heterocycles. The second-order valence-electron chi connectivity index (χ2n) is 6.73. The first-order chi connectivity index (χ1) is 12.9. The van der Waals surface area contributed by atoms with Gasteiger partial charge in [-0.3, -0.25) is 19.2 Å². The van der Waals surface area contributed by atoms with E-state index in [4.69, 9.17) is 4.74 Å². The molecular formula is C19H23N3O5. The van der Waals surface area contributed by atoms with Crippen molar-refractivity contribution < 1.29 is 23.9 Å². The molecule has 0 aliphatic carbocycles. The zero-order chi connectivity index (χ0) is 19.6. The van der Waals surface area contributed by atoms with Gasteiger partial charge in [0.05, 0.1) is 5.69 Å². The van der Waals surface area contributed by atoms with Crippen molar-refractivity contribution in [1.82, 2.24) is 9.80 Å². The predicted octanol–water partition coefficient (Wildman–Crippen LogP) is 0.695. The van der Waals surface area contributed by atoms with Gasteiger partial charge in [0.25, 0.3) is 5.91 Å². The van der Waals surface area contributed by atoms with Crippen molar-refractivity contribution >= 4 is 29.2 Å². The second-order valence-corrected chi connectivity index (χ2v) is 6.73. The van der Waals surface area contributed by atoms with Gasteiger partial charge in [-0.15, -0.1) is 0 Å². The number of hydrogen-bond donors (Lipinski definition) is 0. The average molecular weight is 373 g/mol. The maximum absolute atomic E-state index is 12.5. The van der Waals surface area contributed by atoms with Crippen LogP contribution in [0.3, 0.4) is 0 Å². The Hall–Kier alpha value is -2.90. The number of amides is 3. The molecule has 0 bridgehead atoms. The van der Waals surface area contributed by atoms with Crippen molar-refractivity contribution in [3.63, 3.8) is 0 Å². The summed E-state index contributed by atoms with van der Waals surface area (Å²) in [6, 6.07) is 4.96. The fraction of sp³-hybridized carbons (Fsp3) is 0.474. The number of anilines is 1. The minimum atomic E-state index is -0.174. The zero-order valence-corrected chi connectivity index (χ0v) is 15.6. The molecule has 2 aliphatic rings. The molecule has 1 aromatic carbocycles. The standard InChI is InChI=1S/C19H23N3O5/c1-13(23)21-7-9-22(10-8-21)18(25)6-4-16(24)14-3-5-17-15(11-14)20(2)19(26)12-27-17/h3,5,11H,4,6-10,12H2,1-2H3. The molecule has 8 heteroatoms. The van der Waals surface area contributed by atoms with Gasteiger partial charge in [0.15, 0.2) is 12.4 Å². The quantitative estimate of drug-likeness (QED) is 0.725. The number of Topliss-reactive ketones (excluding diaryl/α,β-unsaturated/α-hetero) is 1. The molecule has 3 rings (SSSR count). The van der Waals surface area contributed by atoms with E-state index < -0.39 is 0 Å². The summed E-state index contributed by atoms with van der Waals surface area (Å²) in [7, 11) is 1.64. The van der Waals surface area contributed by atoms with Crippen molar-refractivity contribution in [2.75, 3.05) is 44.7 Å². The smallest absolute Gasteiger partial charge is 0.264 e. The van der Waals surface area contributed by atoms with Crippen LogP contribution < -0.4 is 9.64 Å². The normalized spacial score (nSPS) is 16.7. The molecule has 27 heavy (non-hydrogen) atoms. The van der Waals surface area contributed by atoms with Crippen molar-refractivity contribution in [1.29, 1.82) is 0 Å². The van der Waals surface area contributed by atoms with Gasteiger partial charge < -0.3 is 19.4 Å². The first-order valence-corrected chi connectivity index (χ1v) is 8.96. The fourth-order valence-corrected chi connectivity index (χ4v) is 3.24. The minimum absolute atomic E-state index is 0.0112. The zero-order valence-electron chi connectivity index (χ0n) is 15.6. The van der Waals surface area contributed by atoms with Gasteiger partial charge in [-0.1, -0.05) is 0 Å². The number of carbonyl (C=O) groups excluding carboxylic acids is 4. The molecule has 1 saturated heterocycles. The molecule has 0 N–H and O–H groups in total. The van der Waals surface area contributed by atoms with E-state index >= 15 is 0 Å². The Morgan fingerprint density at radius 3 is 2.37 bits per heavy atom. The lowest BCUT2D eigenvalue weighted by molar-refractivity contribution is -0.138. The topological polar surface area (TPSA) is 87.2 Å². The minimum Gasteiger partial charge on any atom is -0.482 e. The van der Waals surface area contributed by atoms with E-state index in [2.05, 4.69) is 0 Å². The molecule has 8 nitrogen and oxygen atoms in total. The Morgan fingerprint density at radius 1 is 1.04 bits per heavy atom. The Kier molecular flexibility index (Phi) is 5.43. The summed E-state index contributed by atoms with van der Waals surface area (Å²) < 4.78 is 5.35. The van der Waals surface area contributed by atoms with E-state index in [9.17, 15) is 19.2 Å². The van der Waals surface area contributed by atoms with Gasteiger partial charge in [-0.05, 0) is 18.2 Å². The SMILES string of the molecule is CC(=O)N1CCN(C(=O)CCC(=O)c2ccc3c(c2)N(C)C(=O)CO3)CC1. The Balaban J connectivity index is 1.56. The molecule has 0 unspecified atom stereocenters. The molecule has 0 radical (unpaired) electrons. The average Bonchev–Trinajstić information content (AvgIpc) is 2.68. The number of nitrogens with zero attached hydrogens (tertiary/aromatic N) is 3. The lowest BCUT2D eigenvalue weighted by Crippen LogP contribution is -2.50. The van der Waals surface area contributed by atoms with Gasteiger partial charge in [0.2, 0.25) is 11.8 Å². The number of piperazine rings is 1. The second kappa shape index (κ2) is 7.77. The van der Waals surface area contributed by atoms with Crippen LogP contribution in [0.4, 0.5) is 5.69 Å². The summed E-state index contributed by atoms with van der Waals surface area (Å²) in [6.45, 7) is 3.55. The molecule has 144 valence electrons. The van der Waals surface area contributed by atoms with E-state index in [1.807, 2.05) is 0 Å². The molecule has 0 atom stereocenters. The summed E-state index contributed by atoms with van der Waals surface area (Å²) in [5, 5.41) is 0. The van der Waals surface area contributed by atoms with Crippen LogP contribution in [-0.2, 0) is 14.4 Å². The number of benzene rings is 1. The van der Waals surface area contributed by atoms with Gasteiger partial charge in [-0.25, -0.2) is 0 Å². The lowest BCUT2D eigenvalue weighted by Gasteiger charge is -2.34. The highest BCUT2D eigenvalue weighted by molar-refractivity contribution is 6.02. The van der Waals surface area contributed by atoms with E-state index in [1.165, 1.54) is 11.8 Å². The number of ketones is 1. The van der Waals surface area contributed by atoms with Crippen LogP contribution in [0.5, 0.6) is 5.75 Å². The van der Waals surface area contributed by atoms with Gasteiger partial charge >= 0.3 is 0 Å². The third kappa shape index (κ3) is 4.10. The van der Waals surface area contributed by atoms with E-state index in [-0.39, 0.29) is 43.0 Å². The fourth-order valence-electron chi connectivity index (χ4n) is 3.24. The Labute approximate surface area is 157 Å². The highest BCUT2D eigenvalue weighted by Crippen LogP contribution is 2.32. The third-order valence-electron chi connectivity index (χ3n) is 5.01. The monoisotopic (exact) mass is 373 g/mol. The van der Waals surface area contributed by atoms with Crippen LogP contribution in [-0.4, -0.2) is 73.1 Å². The first kappa shape index (κ1) is 18.9. The molecule has 3 amide bonds. The first-order valence-electron chi connectivity index (χ1n) is 8.96. The van der Waals surface area contributed by atoms with E-state index in [1.54, 1.807) is 35.0 Å². The summed E-state index contributed by atoms with van der Waals surface area (Å²) in [6.07, 6.45) is 0.227. The maximum Gasteiger partial charge on any atom is 0.264 e. The number of likely N-dealkylation sites (N-methyl/N-ethyl adjacent to an activating group) is 1. The predicted molar refractivity (Wildman–Crippen MR) is 97.7 cm³/mol.